The number of nitrogens with zero attached hydrogens (tertiary/aromatic N) is 1. The SMILES string of the molecule is O=C(/C=C/c1cccc(Oc2ccccc2)c1)c1cccc([N+](=O)[O-])c1. The fourth-order valence-electron chi connectivity index (χ4n) is 2.35. The zero-order chi connectivity index (χ0) is 18.4. The number of carbonyl (C=O) groups is 1. The highest BCUT2D eigenvalue weighted by atomic mass is 16.6. The van der Waals surface area contributed by atoms with Gasteiger partial charge in [-0.3, -0.25) is 14.9 Å². The number of para-hydroxylation sites is 1. The molecular formula is C21H15NO4. The van der Waals surface area contributed by atoms with Gasteiger partial charge < -0.3 is 4.74 Å². The van der Waals surface area contributed by atoms with Gasteiger partial charge >= 0.3 is 0 Å². The first kappa shape index (κ1) is 17.1. The number of rotatable bonds is 6. The molecule has 0 saturated carbocycles. The zero-order valence-electron chi connectivity index (χ0n) is 13.7. The molecule has 0 spiro atoms. The Balaban J connectivity index is 1.74. The van der Waals surface area contributed by atoms with Gasteiger partial charge in [0.2, 0.25) is 0 Å². The Morgan fingerprint density at radius 3 is 2.38 bits per heavy atom. The van der Waals surface area contributed by atoms with Gasteiger partial charge in [-0.05, 0) is 35.9 Å². The standard InChI is InChI=1S/C21H15NO4/c23-21(17-7-5-8-18(15-17)22(24)25)13-12-16-6-4-11-20(14-16)26-19-9-2-1-3-10-19/h1-15H/b13-12+. The summed E-state index contributed by atoms with van der Waals surface area (Å²) in [5, 5.41) is 10.8. The first-order valence-electron chi connectivity index (χ1n) is 7.92. The van der Waals surface area contributed by atoms with E-state index in [0.29, 0.717) is 5.75 Å². The van der Waals surface area contributed by atoms with Crippen molar-refractivity contribution in [3.8, 4) is 11.5 Å². The van der Waals surface area contributed by atoms with Crippen LogP contribution in [-0.2, 0) is 0 Å². The van der Waals surface area contributed by atoms with E-state index in [9.17, 15) is 14.9 Å². The van der Waals surface area contributed by atoms with E-state index in [1.54, 1.807) is 12.1 Å². The molecule has 0 heterocycles. The van der Waals surface area contributed by atoms with E-state index in [-0.39, 0.29) is 17.0 Å². The molecule has 0 aliphatic heterocycles. The second-order valence-corrected chi connectivity index (χ2v) is 5.49. The molecule has 0 fully saturated rings. The van der Waals surface area contributed by atoms with Crippen LogP contribution >= 0.6 is 0 Å². The third-order valence-corrected chi connectivity index (χ3v) is 3.61. The number of non-ortho nitro benzene ring substituents is 1. The summed E-state index contributed by atoms with van der Waals surface area (Å²) in [7, 11) is 0. The van der Waals surface area contributed by atoms with Crippen LogP contribution in [0.25, 0.3) is 6.08 Å². The van der Waals surface area contributed by atoms with Crippen molar-refractivity contribution in [3.63, 3.8) is 0 Å². The van der Waals surface area contributed by atoms with Gasteiger partial charge in [-0.25, -0.2) is 0 Å². The third kappa shape index (κ3) is 4.42. The molecule has 26 heavy (non-hydrogen) atoms. The van der Waals surface area contributed by atoms with Gasteiger partial charge in [0.15, 0.2) is 5.78 Å². The van der Waals surface area contributed by atoms with Crippen molar-refractivity contribution < 1.29 is 14.5 Å². The lowest BCUT2D eigenvalue weighted by atomic mass is 10.1. The lowest BCUT2D eigenvalue weighted by Crippen LogP contribution is -1.96. The van der Waals surface area contributed by atoms with Crippen molar-refractivity contribution in [2.75, 3.05) is 0 Å². The number of hydrogen-bond acceptors (Lipinski definition) is 4. The van der Waals surface area contributed by atoms with E-state index >= 15 is 0 Å². The van der Waals surface area contributed by atoms with E-state index in [2.05, 4.69) is 0 Å². The molecule has 0 aromatic heterocycles. The Hall–Kier alpha value is -3.73. The molecule has 0 bridgehead atoms. The highest BCUT2D eigenvalue weighted by Crippen LogP contribution is 2.22. The number of nitro benzene ring substituents is 1. The Labute approximate surface area is 150 Å². The van der Waals surface area contributed by atoms with Gasteiger partial charge in [0.05, 0.1) is 4.92 Å². The van der Waals surface area contributed by atoms with Gasteiger partial charge in [0, 0.05) is 17.7 Å². The van der Waals surface area contributed by atoms with Crippen LogP contribution in [0.3, 0.4) is 0 Å². The van der Waals surface area contributed by atoms with Crippen molar-refractivity contribution in [2.24, 2.45) is 0 Å². The minimum absolute atomic E-state index is 0.109. The Bertz CT molecular complexity index is 965. The summed E-state index contributed by atoms with van der Waals surface area (Å²) in [4.78, 5) is 22.5. The quantitative estimate of drug-likeness (QED) is 0.264. The molecule has 0 aliphatic carbocycles. The number of benzene rings is 3. The lowest BCUT2D eigenvalue weighted by molar-refractivity contribution is -0.384. The molecular weight excluding hydrogens is 330 g/mol. The predicted octanol–water partition coefficient (Wildman–Crippen LogP) is 5.28. The summed E-state index contributed by atoms with van der Waals surface area (Å²) in [6, 6.07) is 22.4. The molecule has 0 amide bonds. The fraction of sp³-hybridized carbons (Fsp3) is 0. The monoisotopic (exact) mass is 345 g/mol. The lowest BCUT2D eigenvalue weighted by Gasteiger charge is -2.05. The Morgan fingerprint density at radius 2 is 1.62 bits per heavy atom. The van der Waals surface area contributed by atoms with Crippen LogP contribution in [-0.4, -0.2) is 10.7 Å². The topological polar surface area (TPSA) is 69.4 Å². The van der Waals surface area contributed by atoms with Crippen LogP contribution in [0.5, 0.6) is 11.5 Å². The van der Waals surface area contributed by atoms with E-state index in [1.165, 1.54) is 24.3 Å². The molecule has 3 aromatic rings. The molecule has 0 unspecified atom stereocenters. The highest BCUT2D eigenvalue weighted by molar-refractivity contribution is 6.07. The summed E-state index contributed by atoms with van der Waals surface area (Å²) in [5.74, 6) is 1.07. The van der Waals surface area contributed by atoms with Crippen LogP contribution in [0.4, 0.5) is 5.69 Å². The predicted molar refractivity (Wildman–Crippen MR) is 99.4 cm³/mol. The summed E-state index contributed by atoms with van der Waals surface area (Å²) in [6.45, 7) is 0. The smallest absolute Gasteiger partial charge is 0.270 e. The summed E-state index contributed by atoms with van der Waals surface area (Å²) < 4.78 is 5.76. The average molecular weight is 345 g/mol. The van der Waals surface area contributed by atoms with Crippen LogP contribution in [0.15, 0.2) is 84.9 Å². The van der Waals surface area contributed by atoms with Crippen LogP contribution in [0.2, 0.25) is 0 Å². The van der Waals surface area contributed by atoms with E-state index in [1.807, 2.05) is 54.6 Å². The third-order valence-electron chi connectivity index (χ3n) is 3.61. The maximum absolute atomic E-state index is 12.2. The molecule has 3 rings (SSSR count). The molecule has 0 radical (unpaired) electrons. The van der Waals surface area contributed by atoms with E-state index in [4.69, 9.17) is 4.74 Å². The van der Waals surface area contributed by atoms with Crippen molar-refractivity contribution in [1.82, 2.24) is 0 Å². The first-order valence-corrected chi connectivity index (χ1v) is 7.92. The van der Waals surface area contributed by atoms with E-state index in [0.717, 1.165) is 11.3 Å². The maximum atomic E-state index is 12.2. The normalized spacial score (nSPS) is 10.6. The number of ether oxygens (including phenoxy) is 1. The highest BCUT2D eigenvalue weighted by Gasteiger charge is 2.09. The number of carbonyl (C=O) groups excluding carboxylic acids is 1. The van der Waals surface area contributed by atoms with Gasteiger partial charge in [0.25, 0.3) is 5.69 Å². The second kappa shape index (κ2) is 7.90. The number of hydrogen-bond donors (Lipinski definition) is 0. The van der Waals surface area contributed by atoms with Crippen LogP contribution < -0.4 is 4.74 Å². The molecule has 0 aliphatic rings. The van der Waals surface area contributed by atoms with Crippen LogP contribution in [0.1, 0.15) is 15.9 Å². The van der Waals surface area contributed by atoms with Gasteiger partial charge in [-0.15, -0.1) is 0 Å². The molecule has 5 nitrogen and oxygen atoms in total. The minimum Gasteiger partial charge on any atom is -0.457 e. The molecule has 5 heteroatoms. The summed E-state index contributed by atoms with van der Waals surface area (Å²) in [6.07, 6.45) is 3.04. The van der Waals surface area contributed by atoms with Crippen molar-refractivity contribution in [1.29, 1.82) is 0 Å². The Morgan fingerprint density at radius 1 is 0.885 bits per heavy atom. The van der Waals surface area contributed by atoms with Gasteiger partial charge in [0.1, 0.15) is 11.5 Å². The molecule has 3 aromatic carbocycles. The number of ketones is 1. The van der Waals surface area contributed by atoms with Crippen molar-refractivity contribution >= 4 is 17.5 Å². The fourth-order valence-corrected chi connectivity index (χ4v) is 2.35. The minimum atomic E-state index is -0.523. The number of nitro groups is 1. The largest absolute Gasteiger partial charge is 0.457 e. The maximum Gasteiger partial charge on any atom is 0.270 e. The summed E-state index contributed by atoms with van der Waals surface area (Å²) in [5.41, 5.74) is 0.951. The zero-order valence-corrected chi connectivity index (χ0v) is 13.7. The van der Waals surface area contributed by atoms with Gasteiger partial charge in [-0.2, -0.15) is 0 Å². The first-order chi connectivity index (χ1) is 12.6. The van der Waals surface area contributed by atoms with E-state index < -0.39 is 4.92 Å². The van der Waals surface area contributed by atoms with Gasteiger partial charge in [-0.1, -0.05) is 48.5 Å². The molecule has 128 valence electrons. The molecule has 0 N–H and O–H groups in total. The van der Waals surface area contributed by atoms with Crippen molar-refractivity contribution in [3.05, 3.63) is 106 Å². The second-order valence-electron chi connectivity index (χ2n) is 5.49. The van der Waals surface area contributed by atoms with Crippen molar-refractivity contribution in [2.45, 2.75) is 0 Å². The average Bonchev–Trinajstić information content (AvgIpc) is 2.67. The Kier molecular flexibility index (Phi) is 5.19. The molecule has 0 atom stereocenters. The number of allylic oxidation sites excluding steroid dienone is 1. The van der Waals surface area contributed by atoms with Crippen LogP contribution in [0, 0.1) is 10.1 Å². The molecule has 0 saturated heterocycles. The summed E-state index contributed by atoms with van der Waals surface area (Å²) >= 11 is 0.